The summed E-state index contributed by atoms with van der Waals surface area (Å²) >= 11 is 12.4. The minimum Gasteiger partial charge on any atom is -0.311 e. The molecule has 4 aromatic rings. The summed E-state index contributed by atoms with van der Waals surface area (Å²) in [6.07, 6.45) is 0.768. The van der Waals surface area contributed by atoms with Crippen molar-refractivity contribution in [3.05, 3.63) is 106 Å². The lowest BCUT2D eigenvalue weighted by Gasteiger charge is -2.23. The SMILES string of the molecule is CCc1ccccc1NC(=O)N(CC(=O)Nc1cc(C(C)(C)C)nn1-c1ccc(Cl)c(Cl)c1)Cc1ccccc1. The average Bonchev–Trinajstić information content (AvgIpc) is 3.35. The standard InChI is InChI=1S/C31H33Cl2N5O2/c1-5-22-13-9-10-14-26(22)34-30(40)37(19-21-11-7-6-8-12-21)20-29(39)35-28-18-27(31(2,3)4)36-38(28)23-15-16-24(32)25(33)17-23/h6-18H,5,19-20H2,1-4H3,(H,34,40)(H,35,39). The van der Waals surface area contributed by atoms with Gasteiger partial charge in [-0.2, -0.15) is 5.10 Å². The quantitative estimate of drug-likeness (QED) is 0.225. The number of aromatic nitrogens is 2. The molecule has 0 spiro atoms. The molecule has 0 saturated carbocycles. The molecule has 0 aliphatic carbocycles. The summed E-state index contributed by atoms with van der Waals surface area (Å²) in [6.45, 7) is 8.24. The van der Waals surface area contributed by atoms with Crippen molar-refractivity contribution in [2.45, 2.75) is 46.1 Å². The van der Waals surface area contributed by atoms with E-state index in [0.717, 1.165) is 28.9 Å². The molecule has 0 unspecified atom stereocenters. The molecule has 1 heterocycles. The zero-order valence-electron chi connectivity index (χ0n) is 23.0. The minimum atomic E-state index is -0.367. The first-order valence-corrected chi connectivity index (χ1v) is 13.8. The Morgan fingerprint density at radius 1 is 0.900 bits per heavy atom. The number of carbonyl (C=O) groups excluding carboxylic acids is 2. The van der Waals surface area contributed by atoms with Gasteiger partial charge in [0.05, 0.1) is 21.4 Å². The molecule has 0 atom stereocenters. The fourth-order valence-electron chi connectivity index (χ4n) is 4.15. The Kier molecular flexibility index (Phi) is 9.17. The van der Waals surface area contributed by atoms with E-state index in [1.165, 1.54) is 4.90 Å². The van der Waals surface area contributed by atoms with Crippen LogP contribution in [0.5, 0.6) is 0 Å². The van der Waals surface area contributed by atoms with Crippen LogP contribution in [0.4, 0.5) is 16.3 Å². The summed E-state index contributed by atoms with van der Waals surface area (Å²) in [4.78, 5) is 28.4. The van der Waals surface area contributed by atoms with Gasteiger partial charge in [-0.25, -0.2) is 9.48 Å². The molecule has 1 aromatic heterocycles. The van der Waals surface area contributed by atoms with E-state index in [1.807, 2.05) is 88.4 Å². The van der Waals surface area contributed by atoms with Crippen LogP contribution in [0.1, 0.15) is 44.5 Å². The van der Waals surface area contributed by atoms with Gasteiger partial charge < -0.3 is 15.5 Å². The molecule has 3 aromatic carbocycles. The highest BCUT2D eigenvalue weighted by molar-refractivity contribution is 6.42. The lowest BCUT2D eigenvalue weighted by atomic mass is 9.92. The van der Waals surface area contributed by atoms with E-state index in [2.05, 4.69) is 10.6 Å². The van der Waals surface area contributed by atoms with E-state index in [4.69, 9.17) is 28.3 Å². The highest BCUT2D eigenvalue weighted by Crippen LogP contribution is 2.29. The number of carbonyl (C=O) groups is 2. The van der Waals surface area contributed by atoms with Crippen molar-refractivity contribution >= 4 is 46.6 Å². The molecular weight excluding hydrogens is 545 g/mol. The van der Waals surface area contributed by atoms with Gasteiger partial charge in [-0.05, 0) is 41.8 Å². The Bertz CT molecular complexity index is 1500. The first-order chi connectivity index (χ1) is 19.0. The highest BCUT2D eigenvalue weighted by atomic mass is 35.5. The predicted octanol–water partition coefficient (Wildman–Crippen LogP) is 7.71. The van der Waals surface area contributed by atoms with Crippen LogP contribution in [0, 0.1) is 0 Å². The molecule has 2 N–H and O–H groups in total. The van der Waals surface area contributed by atoms with Crippen LogP contribution in [0.25, 0.3) is 5.69 Å². The second-order valence-corrected chi connectivity index (χ2v) is 11.3. The van der Waals surface area contributed by atoms with Crippen LogP contribution in [-0.4, -0.2) is 33.2 Å². The number of para-hydroxylation sites is 1. The predicted molar refractivity (Wildman–Crippen MR) is 163 cm³/mol. The number of rotatable bonds is 8. The number of amides is 3. The Morgan fingerprint density at radius 3 is 2.27 bits per heavy atom. The number of anilines is 2. The number of nitrogens with one attached hydrogen (secondary N) is 2. The second kappa shape index (κ2) is 12.6. The van der Waals surface area contributed by atoms with Crippen molar-refractivity contribution < 1.29 is 9.59 Å². The van der Waals surface area contributed by atoms with Gasteiger partial charge in [0.1, 0.15) is 12.4 Å². The lowest BCUT2D eigenvalue weighted by Crippen LogP contribution is -2.40. The van der Waals surface area contributed by atoms with Crippen molar-refractivity contribution in [3.8, 4) is 5.69 Å². The minimum absolute atomic E-state index is 0.174. The molecule has 208 valence electrons. The van der Waals surface area contributed by atoms with E-state index >= 15 is 0 Å². The largest absolute Gasteiger partial charge is 0.322 e. The van der Waals surface area contributed by atoms with Crippen molar-refractivity contribution in [1.29, 1.82) is 0 Å². The number of hydrogen-bond acceptors (Lipinski definition) is 3. The maximum Gasteiger partial charge on any atom is 0.322 e. The van der Waals surface area contributed by atoms with Gasteiger partial charge in [-0.3, -0.25) is 4.79 Å². The molecule has 0 aliphatic rings. The molecule has 9 heteroatoms. The molecule has 0 saturated heterocycles. The molecule has 7 nitrogen and oxygen atoms in total. The average molecular weight is 579 g/mol. The Labute approximate surface area is 245 Å². The van der Waals surface area contributed by atoms with Crippen LogP contribution in [0.15, 0.2) is 78.9 Å². The van der Waals surface area contributed by atoms with Gasteiger partial charge in [-0.15, -0.1) is 0 Å². The molecule has 0 fully saturated rings. The number of hydrogen-bond donors (Lipinski definition) is 2. The third-order valence-corrected chi connectivity index (χ3v) is 7.11. The van der Waals surface area contributed by atoms with Gasteiger partial charge in [0, 0.05) is 23.7 Å². The van der Waals surface area contributed by atoms with Crippen molar-refractivity contribution in [3.63, 3.8) is 0 Å². The fourth-order valence-corrected chi connectivity index (χ4v) is 4.45. The maximum absolute atomic E-state index is 13.5. The van der Waals surface area contributed by atoms with E-state index in [9.17, 15) is 9.59 Å². The van der Waals surface area contributed by atoms with E-state index in [1.54, 1.807) is 22.9 Å². The first kappa shape index (κ1) is 29.2. The summed E-state index contributed by atoms with van der Waals surface area (Å²) in [5.41, 5.74) is 3.80. The molecule has 4 rings (SSSR count). The number of aryl methyl sites for hydroxylation is 1. The van der Waals surface area contributed by atoms with Crippen molar-refractivity contribution in [2.75, 3.05) is 17.2 Å². The molecule has 0 radical (unpaired) electrons. The van der Waals surface area contributed by atoms with Gasteiger partial charge >= 0.3 is 6.03 Å². The first-order valence-electron chi connectivity index (χ1n) is 13.1. The monoisotopic (exact) mass is 577 g/mol. The summed E-state index contributed by atoms with van der Waals surface area (Å²) < 4.78 is 1.62. The normalized spacial score (nSPS) is 11.2. The Balaban J connectivity index is 1.61. The van der Waals surface area contributed by atoms with Gasteiger partial charge in [0.15, 0.2) is 0 Å². The molecule has 0 bridgehead atoms. The number of benzene rings is 3. The molecule has 40 heavy (non-hydrogen) atoms. The maximum atomic E-state index is 13.5. The fraction of sp³-hybridized carbons (Fsp3) is 0.258. The van der Waals surface area contributed by atoms with Crippen LogP contribution >= 0.6 is 23.2 Å². The zero-order chi connectivity index (χ0) is 28.9. The summed E-state index contributed by atoms with van der Waals surface area (Å²) in [6, 6.07) is 23.8. The topological polar surface area (TPSA) is 79.3 Å². The molecule has 0 aliphatic heterocycles. The Morgan fingerprint density at radius 2 is 1.60 bits per heavy atom. The second-order valence-electron chi connectivity index (χ2n) is 10.5. The Hall–Kier alpha value is -3.81. The zero-order valence-corrected chi connectivity index (χ0v) is 24.6. The third-order valence-electron chi connectivity index (χ3n) is 6.37. The third kappa shape index (κ3) is 7.23. The highest BCUT2D eigenvalue weighted by Gasteiger charge is 2.24. The lowest BCUT2D eigenvalue weighted by molar-refractivity contribution is -0.116. The summed E-state index contributed by atoms with van der Waals surface area (Å²) in [5, 5.41) is 11.5. The van der Waals surface area contributed by atoms with Crippen molar-refractivity contribution in [1.82, 2.24) is 14.7 Å². The molecular formula is C31H33Cl2N5O2. The van der Waals surface area contributed by atoms with Crippen LogP contribution in [-0.2, 0) is 23.2 Å². The summed E-state index contributed by atoms with van der Waals surface area (Å²) in [7, 11) is 0. The van der Waals surface area contributed by atoms with Crippen molar-refractivity contribution in [2.24, 2.45) is 0 Å². The van der Waals surface area contributed by atoms with Gasteiger partial charge in [0.25, 0.3) is 0 Å². The van der Waals surface area contributed by atoms with Crippen LogP contribution < -0.4 is 10.6 Å². The van der Waals surface area contributed by atoms with E-state index in [0.29, 0.717) is 21.6 Å². The van der Waals surface area contributed by atoms with E-state index < -0.39 is 0 Å². The summed E-state index contributed by atoms with van der Waals surface area (Å²) in [5.74, 6) is 0.0984. The van der Waals surface area contributed by atoms with E-state index in [-0.39, 0.29) is 30.4 Å². The van der Waals surface area contributed by atoms with Gasteiger partial charge in [0.2, 0.25) is 5.91 Å². The number of nitrogens with zero attached hydrogens (tertiary/aromatic N) is 3. The van der Waals surface area contributed by atoms with Crippen LogP contribution in [0.2, 0.25) is 10.0 Å². The van der Waals surface area contributed by atoms with Crippen LogP contribution in [0.3, 0.4) is 0 Å². The molecule has 3 amide bonds. The number of urea groups is 1. The van der Waals surface area contributed by atoms with Gasteiger partial charge in [-0.1, -0.05) is 99.4 Å². The number of halogens is 2. The smallest absolute Gasteiger partial charge is 0.311 e.